The molecule has 0 atom stereocenters. The second-order valence-corrected chi connectivity index (χ2v) is 6.07. The lowest BCUT2D eigenvalue weighted by Crippen LogP contribution is -2.32. The first-order valence-corrected chi connectivity index (χ1v) is 7.65. The van der Waals surface area contributed by atoms with Gasteiger partial charge in [-0.2, -0.15) is 0 Å². The zero-order chi connectivity index (χ0) is 18.2. The molecular weight excluding hydrogens is 310 g/mol. The molecule has 1 aromatic rings. The van der Waals surface area contributed by atoms with E-state index in [1.807, 2.05) is 32.9 Å². The van der Waals surface area contributed by atoms with Gasteiger partial charge in [-0.3, -0.25) is 4.79 Å². The Kier molecular flexibility index (Phi) is 7.30. The standard InChI is InChI=1S/C18H25NO5/c1-18(2,3)24-17(21)19-9-7-6-8-13-10-15(22-4)16(23-5)11-14(13)12-20/h6,8,10-12H,7,9H2,1-5H3,(H,19,21). The normalized spacial score (nSPS) is 11.2. The molecule has 0 fully saturated rings. The predicted octanol–water partition coefficient (Wildman–Crippen LogP) is 3.44. The lowest BCUT2D eigenvalue weighted by Gasteiger charge is -2.19. The first-order chi connectivity index (χ1) is 11.3. The minimum atomic E-state index is -0.515. The molecule has 24 heavy (non-hydrogen) atoms. The van der Waals surface area contributed by atoms with E-state index >= 15 is 0 Å². The maximum Gasteiger partial charge on any atom is 0.407 e. The Hall–Kier alpha value is -2.50. The maximum absolute atomic E-state index is 11.5. The largest absolute Gasteiger partial charge is 0.493 e. The van der Waals surface area contributed by atoms with Crippen molar-refractivity contribution in [2.45, 2.75) is 32.8 Å². The van der Waals surface area contributed by atoms with E-state index in [2.05, 4.69) is 5.32 Å². The zero-order valence-corrected chi connectivity index (χ0v) is 14.8. The Morgan fingerprint density at radius 3 is 2.21 bits per heavy atom. The lowest BCUT2D eigenvalue weighted by atomic mass is 10.1. The van der Waals surface area contributed by atoms with Gasteiger partial charge in [0, 0.05) is 12.1 Å². The van der Waals surface area contributed by atoms with Crippen LogP contribution in [0.5, 0.6) is 11.5 Å². The average molecular weight is 335 g/mol. The van der Waals surface area contributed by atoms with Crippen LogP contribution in [-0.4, -0.2) is 38.7 Å². The van der Waals surface area contributed by atoms with Crippen LogP contribution in [0, 0.1) is 0 Å². The van der Waals surface area contributed by atoms with E-state index in [0.29, 0.717) is 30.0 Å². The highest BCUT2D eigenvalue weighted by Crippen LogP contribution is 2.30. The molecule has 0 saturated heterocycles. The molecule has 0 spiro atoms. The van der Waals surface area contributed by atoms with Crippen molar-refractivity contribution in [3.05, 3.63) is 29.3 Å². The number of ether oxygens (including phenoxy) is 3. The van der Waals surface area contributed by atoms with E-state index in [4.69, 9.17) is 14.2 Å². The summed E-state index contributed by atoms with van der Waals surface area (Å²) in [6, 6.07) is 3.37. The van der Waals surface area contributed by atoms with Crippen LogP contribution in [0.1, 0.15) is 43.1 Å². The molecule has 0 unspecified atom stereocenters. The van der Waals surface area contributed by atoms with Gasteiger partial charge in [0.05, 0.1) is 14.2 Å². The molecule has 0 aliphatic carbocycles. The molecule has 0 radical (unpaired) electrons. The molecule has 1 aromatic carbocycles. The highest BCUT2D eigenvalue weighted by Gasteiger charge is 2.15. The summed E-state index contributed by atoms with van der Waals surface area (Å²) in [5.74, 6) is 1.05. The number of methoxy groups -OCH3 is 2. The third-order valence-electron chi connectivity index (χ3n) is 2.99. The molecule has 1 amide bonds. The summed E-state index contributed by atoms with van der Waals surface area (Å²) in [6.45, 7) is 5.87. The minimum Gasteiger partial charge on any atom is -0.493 e. The number of amides is 1. The number of hydrogen-bond donors (Lipinski definition) is 1. The molecule has 0 aromatic heterocycles. The Morgan fingerprint density at radius 2 is 1.71 bits per heavy atom. The summed E-state index contributed by atoms with van der Waals surface area (Å²) in [7, 11) is 3.06. The van der Waals surface area contributed by atoms with E-state index in [9.17, 15) is 9.59 Å². The number of alkyl carbamates (subject to hydrolysis) is 1. The highest BCUT2D eigenvalue weighted by molar-refractivity contribution is 5.83. The number of rotatable bonds is 7. The molecular formula is C18H25NO5. The van der Waals surface area contributed by atoms with E-state index in [0.717, 1.165) is 11.8 Å². The van der Waals surface area contributed by atoms with Gasteiger partial charge in [0.25, 0.3) is 0 Å². The van der Waals surface area contributed by atoms with Crippen molar-refractivity contribution >= 4 is 18.5 Å². The lowest BCUT2D eigenvalue weighted by molar-refractivity contribution is 0.0528. The van der Waals surface area contributed by atoms with E-state index in [1.54, 1.807) is 12.1 Å². The Morgan fingerprint density at radius 1 is 1.12 bits per heavy atom. The van der Waals surface area contributed by atoms with Crippen LogP contribution in [0.3, 0.4) is 0 Å². The van der Waals surface area contributed by atoms with Gasteiger partial charge in [-0.15, -0.1) is 0 Å². The fourth-order valence-corrected chi connectivity index (χ4v) is 1.94. The Labute approximate surface area is 142 Å². The van der Waals surface area contributed by atoms with Crippen LogP contribution in [0.2, 0.25) is 0 Å². The summed E-state index contributed by atoms with van der Waals surface area (Å²) in [6.07, 6.45) is 4.59. The highest BCUT2D eigenvalue weighted by atomic mass is 16.6. The summed E-state index contributed by atoms with van der Waals surface area (Å²) >= 11 is 0. The van der Waals surface area contributed by atoms with Gasteiger partial charge in [-0.1, -0.05) is 12.2 Å². The van der Waals surface area contributed by atoms with Crippen molar-refractivity contribution in [2.24, 2.45) is 0 Å². The number of hydrogen-bond acceptors (Lipinski definition) is 5. The molecule has 0 aliphatic rings. The third kappa shape index (κ3) is 6.32. The SMILES string of the molecule is COc1cc(C=O)c(C=CCCNC(=O)OC(C)(C)C)cc1OC. The molecule has 0 saturated carbocycles. The Bertz CT molecular complexity index is 602. The van der Waals surface area contributed by atoms with Crippen molar-refractivity contribution in [3.8, 4) is 11.5 Å². The van der Waals surface area contributed by atoms with Crippen LogP contribution in [0.4, 0.5) is 4.79 Å². The third-order valence-corrected chi connectivity index (χ3v) is 2.99. The van der Waals surface area contributed by atoms with E-state index < -0.39 is 11.7 Å². The van der Waals surface area contributed by atoms with Crippen LogP contribution < -0.4 is 14.8 Å². The van der Waals surface area contributed by atoms with Crippen molar-refractivity contribution in [3.63, 3.8) is 0 Å². The van der Waals surface area contributed by atoms with Crippen LogP contribution in [0.25, 0.3) is 6.08 Å². The minimum absolute atomic E-state index is 0.440. The number of aldehydes is 1. The van der Waals surface area contributed by atoms with Crippen molar-refractivity contribution < 1.29 is 23.8 Å². The molecule has 0 bridgehead atoms. The molecule has 132 valence electrons. The fraction of sp³-hybridized carbons (Fsp3) is 0.444. The van der Waals surface area contributed by atoms with Crippen molar-refractivity contribution in [1.82, 2.24) is 5.32 Å². The maximum atomic E-state index is 11.5. The first kappa shape index (κ1) is 19.5. The zero-order valence-electron chi connectivity index (χ0n) is 14.8. The van der Waals surface area contributed by atoms with Gasteiger partial charge < -0.3 is 19.5 Å². The van der Waals surface area contributed by atoms with Gasteiger partial charge in [-0.05, 0) is 44.9 Å². The van der Waals surface area contributed by atoms with Crippen LogP contribution >= 0.6 is 0 Å². The summed E-state index contributed by atoms with van der Waals surface area (Å²) in [5.41, 5.74) is 0.710. The van der Waals surface area contributed by atoms with Gasteiger partial charge in [0.2, 0.25) is 0 Å². The molecule has 6 heteroatoms. The summed E-state index contributed by atoms with van der Waals surface area (Å²) in [4.78, 5) is 22.7. The summed E-state index contributed by atoms with van der Waals surface area (Å²) in [5, 5.41) is 2.67. The van der Waals surface area contributed by atoms with Gasteiger partial charge in [-0.25, -0.2) is 4.79 Å². The second-order valence-electron chi connectivity index (χ2n) is 6.07. The van der Waals surface area contributed by atoms with E-state index in [-0.39, 0.29) is 0 Å². The summed E-state index contributed by atoms with van der Waals surface area (Å²) < 4.78 is 15.6. The molecule has 0 aliphatic heterocycles. The molecule has 6 nitrogen and oxygen atoms in total. The van der Waals surface area contributed by atoms with Gasteiger partial charge in [0.1, 0.15) is 5.60 Å². The number of nitrogens with one attached hydrogen (secondary N) is 1. The quantitative estimate of drug-likeness (QED) is 0.610. The number of benzene rings is 1. The molecule has 1 rings (SSSR count). The van der Waals surface area contributed by atoms with Crippen molar-refractivity contribution in [2.75, 3.05) is 20.8 Å². The Balaban J connectivity index is 2.64. The number of carbonyl (C=O) groups excluding carboxylic acids is 2. The number of carbonyl (C=O) groups is 2. The monoisotopic (exact) mass is 335 g/mol. The molecule has 1 N–H and O–H groups in total. The first-order valence-electron chi connectivity index (χ1n) is 7.65. The van der Waals surface area contributed by atoms with Crippen LogP contribution in [-0.2, 0) is 4.74 Å². The van der Waals surface area contributed by atoms with Gasteiger partial charge >= 0.3 is 6.09 Å². The van der Waals surface area contributed by atoms with E-state index in [1.165, 1.54) is 14.2 Å². The fourth-order valence-electron chi connectivity index (χ4n) is 1.94. The van der Waals surface area contributed by atoms with Crippen LogP contribution in [0.15, 0.2) is 18.2 Å². The predicted molar refractivity (Wildman–Crippen MR) is 92.8 cm³/mol. The second kappa shape index (κ2) is 8.96. The topological polar surface area (TPSA) is 73.9 Å². The van der Waals surface area contributed by atoms with Crippen molar-refractivity contribution in [1.29, 1.82) is 0 Å². The smallest absolute Gasteiger partial charge is 0.407 e. The van der Waals surface area contributed by atoms with Gasteiger partial charge in [0.15, 0.2) is 17.8 Å². The molecule has 0 heterocycles. The average Bonchev–Trinajstić information content (AvgIpc) is 2.52.